The van der Waals surface area contributed by atoms with Crippen LogP contribution in [0.1, 0.15) is 5.56 Å². The average Bonchev–Trinajstić information content (AvgIpc) is 3.17. The van der Waals surface area contributed by atoms with Gasteiger partial charge in [0.2, 0.25) is 5.91 Å². The molecule has 138 valence electrons. The molecule has 1 N–H and O–H groups in total. The van der Waals surface area contributed by atoms with Crippen molar-refractivity contribution in [3.63, 3.8) is 0 Å². The van der Waals surface area contributed by atoms with E-state index in [1.54, 1.807) is 24.5 Å². The molecule has 0 saturated heterocycles. The van der Waals surface area contributed by atoms with E-state index < -0.39 is 0 Å². The van der Waals surface area contributed by atoms with Crippen molar-refractivity contribution in [3.05, 3.63) is 84.4 Å². The molecule has 0 unspecified atom stereocenters. The molecular formula is C23H18N2O2S. The lowest BCUT2D eigenvalue weighted by molar-refractivity contribution is -0.111. The number of thiazole rings is 1. The predicted octanol–water partition coefficient (Wildman–Crippen LogP) is 5.62. The van der Waals surface area contributed by atoms with Gasteiger partial charge >= 0.3 is 0 Å². The van der Waals surface area contributed by atoms with Crippen molar-refractivity contribution < 1.29 is 9.53 Å². The van der Waals surface area contributed by atoms with E-state index >= 15 is 0 Å². The summed E-state index contributed by atoms with van der Waals surface area (Å²) in [5.74, 6) is 0.593. The molecule has 3 aromatic carbocycles. The van der Waals surface area contributed by atoms with Gasteiger partial charge in [0, 0.05) is 11.6 Å². The highest BCUT2D eigenvalue weighted by Crippen LogP contribution is 2.34. The lowest BCUT2D eigenvalue weighted by atomic mass is 10.1. The van der Waals surface area contributed by atoms with E-state index in [1.807, 2.05) is 66.7 Å². The van der Waals surface area contributed by atoms with Crippen molar-refractivity contribution in [1.82, 2.24) is 4.98 Å². The number of ether oxygens (including phenoxy) is 1. The van der Waals surface area contributed by atoms with Gasteiger partial charge in [0.05, 0.1) is 23.0 Å². The van der Waals surface area contributed by atoms with Gasteiger partial charge < -0.3 is 10.1 Å². The summed E-state index contributed by atoms with van der Waals surface area (Å²) in [5.41, 5.74) is 3.54. The third-order valence-electron chi connectivity index (χ3n) is 4.25. The molecule has 0 saturated carbocycles. The van der Waals surface area contributed by atoms with Gasteiger partial charge in [0.1, 0.15) is 10.8 Å². The number of methoxy groups -OCH3 is 1. The largest absolute Gasteiger partial charge is 0.497 e. The van der Waals surface area contributed by atoms with Gasteiger partial charge in [-0.3, -0.25) is 4.79 Å². The fourth-order valence-electron chi connectivity index (χ4n) is 2.83. The van der Waals surface area contributed by atoms with Crippen LogP contribution in [0.3, 0.4) is 0 Å². The molecule has 1 amide bonds. The number of carbonyl (C=O) groups is 1. The van der Waals surface area contributed by atoms with E-state index in [2.05, 4.69) is 11.4 Å². The summed E-state index contributed by atoms with van der Waals surface area (Å²) >= 11 is 1.61. The predicted molar refractivity (Wildman–Crippen MR) is 116 cm³/mol. The summed E-state index contributed by atoms with van der Waals surface area (Å²) in [6, 6.07) is 23.3. The highest BCUT2D eigenvalue weighted by atomic mass is 32.1. The number of nitrogens with zero attached hydrogens (tertiary/aromatic N) is 1. The molecule has 4 nitrogen and oxygen atoms in total. The molecule has 28 heavy (non-hydrogen) atoms. The topological polar surface area (TPSA) is 51.2 Å². The zero-order chi connectivity index (χ0) is 19.3. The number of anilines is 1. The number of nitrogens with one attached hydrogen (secondary N) is 1. The lowest BCUT2D eigenvalue weighted by Gasteiger charge is -2.07. The Balaban J connectivity index is 1.54. The number of hydrogen-bond acceptors (Lipinski definition) is 4. The van der Waals surface area contributed by atoms with Gasteiger partial charge in [-0.2, -0.15) is 0 Å². The maximum Gasteiger partial charge on any atom is 0.248 e. The maximum absolute atomic E-state index is 12.4. The first-order valence-corrected chi connectivity index (χ1v) is 9.63. The molecule has 0 atom stereocenters. The summed E-state index contributed by atoms with van der Waals surface area (Å²) in [6.45, 7) is 0. The van der Waals surface area contributed by atoms with Crippen LogP contribution < -0.4 is 10.1 Å². The van der Waals surface area contributed by atoms with Gasteiger partial charge in [0.15, 0.2) is 0 Å². The molecule has 0 bridgehead atoms. The number of amides is 1. The zero-order valence-electron chi connectivity index (χ0n) is 15.3. The van der Waals surface area contributed by atoms with Crippen LogP contribution in [-0.2, 0) is 4.79 Å². The quantitative estimate of drug-likeness (QED) is 0.453. The number of rotatable bonds is 5. The second-order valence-corrected chi connectivity index (χ2v) is 7.16. The Kier molecular flexibility index (Phi) is 5.17. The van der Waals surface area contributed by atoms with Gasteiger partial charge in [-0.25, -0.2) is 4.98 Å². The highest BCUT2D eigenvalue weighted by molar-refractivity contribution is 7.21. The summed E-state index contributed by atoms with van der Waals surface area (Å²) in [5, 5.41) is 3.85. The molecule has 0 aliphatic rings. The monoisotopic (exact) mass is 386 g/mol. The molecular weight excluding hydrogens is 368 g/mol. The summed E-state index contributed by atoms with van der Waals surface area (Å²) in [7, 11) is 1.63. The third kappa shape index (κ3) is 3.94. The van der Waals surface area contributed by atoms with Crippen molar-refractivity contribution in [1.29, 1.82) is 0 Å². The number of carbonyl (C=O) groups excluding carboxylic acids is 1. The molecule has 0 radical (unpaired) electrons. The van der Waals surface area contributed by atoms with Crippen LogP contribution in [0.5, 0.6) is 5.75 Å². The van der Waals surface area contributed by atoms with E-state index in [4.69, 9.17) is 9.72 Å². The van der Waals surface area contributed by atoms with Crippen molar-refractivity contribution in [2.45, 2.75) is 0 Å². The Labute approximate surface area is 167 Å². The minimum absolute atomic E-state index is 0.190. The molecule has 5 heteroatoms. The van der Waals surface area contributed by atoms with E-state index in [1.165, 1.54) is 6.08 Å². The fourth-order valence-corrected chi connectivity index (χ4v) is 3.83. The number of fused-ring (bicyclic) bond motifs is 1. The Bertz CT molecular complexity index is 1110. The molecule has 1 heterocycles. The molecule has 1 aromatic heterocycles. The molecule has 0 aliphatic heterocycles. The molecule has 4 rings (SSSR count). The first-order valence-electron chi connectivity index (χ1n) is 8.81. The van der Waals surface area contributed by atoms with Crippen molar-refractivity contribution in [2.75, 3.05) is 12.4 Å². The summed E-state index contributed by atoms with van der Waals surface area (Å²) in [6.07, 6.45) is 3.30. The van der Waals surface area contributed by atoms with Crippen LogP contribution in [0.4, 0.5) is 5.69 Å². The van der Waals surface area contributed by atoms with E-state index in [0.29, 0.717) is 0 Å². The Morgan fingerprint density at radius 3 is 2.54 bits per heavy atom. The van der Waals surface area contributed by atoms with Crippen LogP contribution in [0.15, 0.2) is 78.9 Å². The minimum atomic E-state index is -0.190. The summed E-state index contributed by atoms with van der Waals surface area (Å²) < 4.78 is 6.27. The SMILES string of the molecule is COc1ccc(/C=C/C(=O)Nc2ccccc2-c2nc3ccccc3s2)cc1. The second-order valence-electron chi connectivity index (χ2n) is 6.13. The van der Waals surface area contributed by atoms with Gasteiger partial charge in [0.25, 0.3) is 0 Å². The van der Waals surface area contributed by atoms with E-state index in [9.17, 15) is 4.79 Å². The standard InChI is InChI=1S/C23H18N2O2S/c1-27-17-13-10-16(11-14-17)12-15-22(26)24-19-7-3-2-6-18(19)23-25-20-8-4-5-9-21(20)28-23/h2-15H,1H3,(H,24,26)/b15-12+. The third-order valence-corrected chi connectivity index (χ3v) is 5.32. The number of aromatic nitrogens is 1. The normalized spacial score (nSPS) is 11.0. The first kappa shape index (κ1) is 17.9. The number of para-hydroxylation sites is 2. The first-order chi connectivity index (χ1) is 13.7. The Hall–Kier alpha value is -3.44. The number of benzene rings is 3. The Morgan fingerprint density at radius 1 is 1.00 bits per heavy atom. The van der Waals surface area contributed by atoms with Crippen LogP contribution in [0.2, 0.25) is 0 Å². The van der Waals surface area contributed by atoms with Crippen LogP contribution >= 0.6 is 11.3 Å². The van der Waals surface area contributed by atoms with Crippen molar-refractivity contribution in [3.8, 4) is 16.3 Å². The lowest BCUT2D eigenvalue weighted by Crippen LogP contribution is -2.08. The van der Waals surface area contributed by atoms with E-state index in [-0.39, 0.29) is 5.91 Å². The summed E-state index contributed by atoms with van der Waals surface area (Å²) in [4.78, 5) is 17.1. The highest BCUT2D eigenvalue weighted by Gasteiger charge is 2.11. The van der Waals surface area contributed by atoms with Crippen LogP contribution in [0, 0.1) is 0 Å². The molecule has 4 aromatic rings. The Morgan fingerprint density at radius 2 is 1.75 bits per heavy atom. The fraction of sp³-hybridized carbons (Fsp3) is 0.0435. The van der Waals surface area contributed by atoms with Crippen LogP contribution in [0.25, 0.3) is 26.9 Å². The van der Waals surface area contributed by atoms with Crippen molar-refractivity contribution >= 4 is 39.2 Å². The second kappa shape index (κ2) is 8.06. The van der Waals surface area contributed by atoms with Gasteiger partial charge in [-0.15, -0.1) is 11.3 Å². The van der Waals surface area contributed by atoms with Crippen LogP contribution in [-0.4, -0.2) is 18.0 Å². The average molecular weight is 386 g/mol. The molecule has 0 fully saturated rings. The smallest absolute Gasteiger partial charge is 0.248 e. The minimum Gasteiger partial charge on any atom is -0.497 e. The number of hydrogen-bond donors (Lipinski definition) is 1. The van der Waals surface area contributed by atoms with Gasteiger partial charge in [-0.1, -0.05) is 36.4 Å². The van der Waals surface area contributed by atoms with Gasteiger partial charge in [-0.05, 0) is 48.0 Å². The van der Waals surface area contributed by atoms with E-state index in [0.717, 1.165) is 37.8 Å². The molecule has 0 aliphatic carbocycles. The zero-order valence-corrected chi connectivity index (χ0v) is 16.1. The maximum atomic E-state index is 12.4. The van der Waals surface area contributed by atoms with Crippen molar-refractivity contribution in [2.24, 2.45) is 0 Å². The molecule has 0 spiro atoms.